The Morgan fingerprint density at radius 3 is 2.37 bits per heavy atom. The first-order chi connectivity index (χ1) is 17.8. The molecule has 11 heteroatoms. The number of nitrogens with zero attached hydrogens (tertiary/aromatic N) is 2. The number of amides is 1. The van der Waals surface area contributed by atoms with Crippen molar-refractivity contribution in [2.75, 3.05) is 13.2 Å². The second kappa shape index (κ2) is 11.6. The van der Waals surface area contributed by atoms with Gasteiger partial charge in [-0.25, -0.2) is 4.39 Å². The van der Waals surface area contributed by atoms with Gasteiger partial charge in [0, 0.05) is 17.0 Å². The van der Waals surface area contributed by atoms with Crippen LogP contribution in [0.25, 0.3) is 0 Å². The molecule has 1 amide bonds. The van der Waals surface area contributed by atoms with Gasteiger partial charge in [-0.1, -0.05) is 68.2 Å². The number of carboxylic acid groups (broad SMARTS) is 1. The summed E-state index contributed by atoms with van der Waals surface area (Å²) in [7, 11) is 0. The number of ether oxygens (including phenoxy) is 1. The number of rotatable bonds is 9. The molecule has 38 heavy (non-hydrogen) atoms. The van der Waals surface area contributed by atoms with Crippen molar-refractivity contribution in [2.24, 2.45) is 11.1 Å². The van der Waals surface area contributed by atoms with Gasteiger partial charge in [-0.15, -0.1) is 0 Å². The molecule has 204 valence electrons. The van der Waals surface area contributed by atoms with Crippen LogP contribution < -0.4 is 5.73 Å². The number of likely N-dealkylation sites (tertiary alicyclic amines) is 1. The van der Waals surface area contributed by atoms with E-state index in [4.69, 9.17) is 33.7 Å². The fraction of sp³-hybridized carbons (Fsp3) is 0.444. The first-order valence-corrected chi connectivity index (χ1v) is 12.7. The molecule has 1 saturated heterocycles. The number of carbonyl (C=O) groups excluding carboxylic acids is 1. The van der Waals surface area contributed by atoms with Crippen LogP contribution in [0.1, 0.15) is 44.2 Å². The predicted molar refractivity (Wildman–Crippen MR) is 140 cm³/mol. The summed E-state index contributed by atoms with van der Waals surface area (Å²) in [5, 5.41) is 31.0. The van der Waals surface area contributed by atoms with Gasteiger partial charge in [-0.05, 0) is 41.2 Å². The van der Waals surface area contributed by atoms with Crippen LogP contribution in [0.5, 0.6) is 0 Å². The minimum Gasteiger partial charge on any atom is -0.480 e. The van der Waals surface area contributed by atoms with Crippen molar-refractivity contribution in [1.29, 1.82) is 5.26 Å². The van der Waals surface area contributed by atoms with Crippen molar-refractivity contribution in [3.8, 4) is 6.07 Å². The highest BCUT2D eigenvalue weighted by molar-refractivity contribution is 6.31. The average Bonchev–Trinajstić information content (AvgIpc) is 3.11. The third kappa shape index (κ3) is 5.51. The number of hydrogen-bond acceptors (Lipinski definition) is 6. The van der Waals surface area contributed by atoms with E-state index >= 15 is 4.39 Å². The molecular weight excluding hydrogens is 536 g/mol. The summed E-state index contributed by atoms with van der Waals surface area (Å²) in [4.78, 5) is 27.0. The highest BCUT2D eigenvalue weighted by Crippen LogP contribution is 2.56. The summed E-state index contributed by atoms with van der Waals surface area (Å²) in [5.74, 6) is -4.66. The van der Waals surface area contributed by atoms with Crippen molar-refractivity contribution in [3.05, 3.63) is 69.5 Å². The van der Waals surface area contributed by atoms with Gasteiger partial charge in [0.15, 0.2) is 6.23 Å². The van der Waals surface area contributed by atoms with E-state index in [-0.39, 0.29) is 23.6 Å². The quantitative estimate of drug-likeness (QED) is 0.416. The van der Waals surface area contributed by atoms with E-state index in [0.717, 1.165) is 0 Å². The van der Waals surface area contributed by atoms with Crippen LogP contribution in [-0.2, 0) is 19.7 Å². The van der Waals surface area contributed by atoms with Gasteiger partial charge in [0.2, 0.25) is 0 Å². The molecule has 0 aromatic heterocycles. The Morgan fingerprint density at radius 1 is 1.24 bits per heavy atom. The van der Waals surface area contributed by atoms with Gasteiger partial charge < -0.3 is 20.7 Å². The van der Waals surface area contributed by atoms with E-state index in [0.29, 0.717) is 10.6 Å². The number of hydrogen-bond donors (Lipinski definition) is 3. The molecule has 8 nitrogen and oxygen atoms in total. The first-order valence-electron chi connectivity index (χ1n) is 11.9. The monoisotopic (exact) mass is 565 g/mol. The molecule has 0 bridgehead atoms. The summed E-state index contributed by atoms with van der Waals surface area (Å²) in [5.41, 5.74) is 3.75. The van der Waals surface area contributed by atoms with Gasteiger partial charge in [0.05, 0.1) is 24.3 Å². The highest BCUT2D eigenvalue weighted by Gasteiger charge is 2.66. The number of halogens is 3. The molecule has 1 aliphatic rings. The number of carbonyl (C=O) groups is 2. The molecule has 1 heterocycles. The van der Waals surface area contributed by atoms with Crippen LogP contribution in [0.3, 0.4) is 0 Å². The van der Waals surface area contributed by atoms with E-state index < -0.39 is 59.4 Å². The summed E-state index contributed by atoms with van der Waals surface area (Å²) >= 11 is 12.3. The zero-order valence-corrected chi connectivity index (χ0v) is 22.7. The number of primary amides is 1. The Bertz CT molecular complexity index is 1230. The number of nitriles is 1. The molecule has 0 radical (unpaired) electrons. The van der Waals surface area contributed by atoms with Crippen LogP contribution in [0.4, 0.5) is 4.39 Å². The standard InChI is InChI=1S/C27H30Cl2FN3O5/c1-26(2,3)13-19-27(14-31,15-7-9-16(28)10-8-15)20(17-5-4-6-18(29)21(17)30)22(25(36)37)33(19)24(23(32)35)38-12-11-34/h4-10,19-20,22,24,34H,11-13H2,1-3H3,(H2,32,35)(H,36,37)/t19-,20-,22+,24?,27-/m0/s1. The smallest absolute Gasteiger partial charge is 0.321 e. The van der Waals surface area contributed by atoms with Crippen molar-refractivity contribution in [1.82, 2.24) is 4.90 Å². The third-order valence-electron chi connectivity index (χ3n) is 6.78. The number of aliphatic carboxylic acids is 1. The molecule has 4 N–H and O–H groups in total. The number of aliphatic hydroxyl groups is 1. The van der Waals surface area contributed by atoms with Gasteiger partial charge >= 0.3 is 5.97 Å². The topological polar surface area (TPSA) is 137 Å². The zero-order chi connectivity index (χ0) is 28.4. The van der Waals surface area contributed by atoms with E-state index in [2.05, 4.69) is 6.07 Å². The molecule has 1 unspecified atom stereocenters. The fourth-order valence-corrected chi connectivity index (χ4v) is 5.75. The maximum Gasteiger partial charge on any atom is 0.321 e. The Kier molecular flexibility index (Phi) is 9.07. The number of carboxylic acids is 1. The summed E-state index contributed by atoms with van der Waals surface area (Å²) in [6.45, 7) is 4.89. The van der Waals surface area contributed by atoms with Crippen LogP contribution >= 0.6 is 23.2 Å². The summed E-state index contributed by atoms with van der Waals surface area (Å²) < 4.78 is 21.3. The Hall–Kier alpha value is -2.74. The molecule has 0 aliphatic carbocycles. The maximum absolute atomic E-state index is 15.7. The van der Waals surface area contributed by atoms with Crippen LogP contribution in [0.2, 0.25) is 10.0 Å². The Labute approximate surface area is 230 Å². The lowest BCUT2D eigenvalue weighted by Gasteiger charge is -2.41. The van der Waals surface area contributed by atoms with Crippen molar-refractivity contribution >= 4 is 35.1 Å². The maximum atomic E-state index is 15.7. The van der Waals surface area contributed by atoms with Gasteiger partial charge in [0.1, 0.15) is 17.3 Å². The lowest BCUT2D eigenvalue weighted by atomic mass is 9.63. The molecule has 5 atom stereocenters. The SMILES string of the molecule is CC(C)(C)C[C@@H]1N(C(OCCO)C(N)=O)[C@@H](C(=O)O)[C@H](c2cccc(Cl)c2F)[C@@]1(C#N)c1ccc(Cl)cc1. The van der Waals surface area contributed by atoms with E-state index in [1.165, 1.54) is 23.1 Å². The van der Waals surface area contributed by atoms with Crippen molar-refractivity contribution in [2.45, 2.75) is 56.8 Å². The molecule has 0 saturated carbocycles. The van der Waals surface area contributed by atoms with E-state index in [9.17, 15) is 25.1 Å². The fourth-order valence-electron chi connectivity index (χ4n) is 5.44. The van der Waals surface area contributed by atoms with E-state index in [1.54, 1.807) is 24.3 Å². The number of benzene rings is 2. The number of aliphatic hydroxyl groups excluding tert-OH is 1. The minimum atomic E-state index is -1.72. The molecular formula is C27H30Cl2FN3O5. The molecule has 0 spiro atoms. The summed E-state index contributed by atoms with van der Waals surface area (Å²) in [6, 6.07) is 10.2. The largest absolute Gasteiger partial charge is 0.480 e. The number of nitrogens with two attached hydrogens (primary N) is 1. The van der Waals surface area contributed by atoms with E-state index in [1.807, 2.05) is 20.8 Å². The lowest BCUT2D eigenvalue weighted by molar-refractivity contribution is -0.161. The average molecular weight is 566 g/mol. The van der Waals surface area contributed by atoms with Gasteiger partial charge in [-0.3, -0.25) is 14.5 Å². The second-order valence-electron chi connectivity index (χ2n) is 10.5. The highest BCUT2D eigenvalue weighted by atomic mass is 35.5. The third-order valence-corrected chi connectivity index (χ3v) is 7.32. The van der Waals surface area contributed by atoms with Crippen molar-refractivity contribution in [3.63, 3.8) is 0 Å². The molecule has 3 rings (SSSR count). The molecule has 2 aromatic rings. The summed E-state index contributed by atoms with van der Waals surface area (Å²) in [6.07, 6.45) is -1.44. The minimum absolute atomic E-state index is 0.104. The van der Waals surface area contributed by atoms with Gasteiger partial charge in [-0.2, -0.15) is 5.26 Å². The molecule has 1 fully saturated rings. The van der Waals surface area contributed by atoms with Crippen LogP contribution in [0.15, 0.2) is 42.5 Å². The predicted octanol–water partition coefficient (Wildman–Crippen LogP) is 4.07. The zero-order valence-electron chi connectivity index (χ0n) is 21.2. The van der Waals surface area contributed by atoms with Crippen molar-refractivity contribution < 1.29 is 28.9 Å². The normalized spacial score (nSPS) is 24.6. The second-order valence-corrected chi connectivity index (χ2v) is 11.3. The Balaban J connectivity index is 2.49. The Morgan fingerprint density at radius 2 is 1.87 bits per heavy atom. The lowest BCUT2D eigenvalue weighted by Crippen LogP contribution is -2.57. The molecule has 2 aromatic carbocycles. The first kappa shape index (κ1) is 29.8. The molecule has 1 aliphatic heterocycles. The van der Waals surface area contributed by atoms with Crippen LogP contribution in [0, 0.1) is 22.6 Å². The van der Waals surface area contributed by atoms with Crippen LogP contribution in [-0.4, -0.2) is 58.5 Å². The van der Waals surface area contributed by atoms with Gasteiger partial charge in [0.25, 0.3) is 5.91 Å².